The third-order valence-electron chi connectivity index (χ3n) is 1.54. The predicted molar refractivity (Wildman–Crippen MR) is 46.1 cm³/mol. The van der Waals surface area contributed by atoms with Gasteiger partial charge in [0, 0.05) is 6.20 Å². The maximum atomic E-state index is 10.0. The van der Waals surface area contributed by atoms with E-state index in [4.69, 9.17) is 4.74 Å². The van der Waals surface area contributed by atoms with Gasteiger partial charge < -0.3 is 10.1 Å². The summed E-state index contributed by atoms with van der Waals surface area (Å²) in [7, 11) is 0. The van der Waals surface area contributed by atoms with E-state index >= 15 is 0 Å². The molecule has 0 bridgehead atoms. The largest absolute Gasteiger partial charge is 0.458 e. The maximum absolute atomic E-state index is 10.0. The van der Waals surface area contributed by atoms with Gasteiger partial charge in [0.1, 0.15) is 6.10 Å². The van der Waals surface area contributed by atoms with Crippen LogP contribution >= 0.6 is 0 Å². The molecule has 3 nitrogen and oxygen atoms in total. The van der Waals surface area contributed by atoms with Crippen LogP contribution in [-0.2, 0) is 9.53 Å². The number of ether oxygens (including phenoxy) is 1. The molecule has 0 aromatic heterocycles. The first-order valence-electron chi connectivity index (χ1n) is 3.73. The first-order chi connectivity index (χ1) is 5.84. The smallest absolute Gasteiger partial charge is 0.293 e. The van der Waals surface area contributed by atoms with Crippen molar-refractivity contribution in [1.82, 2.24) is 5.32 Å². The Morgan fingerprint density at radius 2 is 2.33 bits per heavy atom. The van der Waals surface area contributed by atoms with E-state index in [0.717, 1.165) is 5.70 Å². The quantitative estimate of drug-likeness (QED) is 0.636. The van der Waals surface area contributed by atoms with Crippen LogP contribution in [0.2, 0.25) is 0 Å². The zero-order valence-electron chi connectivity index (χ0n) is 6.86. The molecule has 0 spiro atoms. The van der Waals surface area contributed by atoms with Crippen LogP contribution in [0.4, 0.5) is 0 Å². The van der Waals surface area contributed by atoms with Crippen molar-refractivity contribution in [2.75, 3.05) is 0 Å². The fraction of sp³-hybridized carbons (Fsp3) is 0.222. The highest BCUT2D eigenvalue weighted by atomic mass is 16.5. The van der Waals surface area contributed by atoms with Gasteiger partial charge in [-0.2, -0.15) is 0 Å². The van der Waals surface area contributed by atoms with E-state index in [-0.39, 0.29) is 6.10 Å². The third-order valence-corrected chi connectivity index (χ3v) is 1.54. The average molecular weight is 165 g/mol. The molecule has 0 saturated carbocycles. The molecule has 0 amide bonds. The van der Waals surface area contributed by atoms with E-state index in [1.807, 2.05) is 24.3 Å². The van der Waals surface area contributed by atoms with Crippen molar-refractivity contribution < 1.29 is 9.53 Å². The Bertz CT molecular complexity index is 241. The molecule has 0 radical (unpaired) electrons. The lowest BCUT2D eigenvalue weighted by Gasteiger charge is -2.12. The predicted octanol–water partition coefficient (Wildman–Crippen LogP) is 1.10. The molecule has 1 aliphatic heterocycles. The lowest BCUT2D eigenvalue weighted by Crippen LogP contribution is -2.19. The van der Waals surface area contributed by atoms with Crippen LogP contribution in [0.25, 0.3) is 0 Å². The van der Waals surface area contributed by atoms with Gasteiger partial charge in [0.15, 0.2) is 0 Å². The third kappa shape index (κ3) is 2.27. The number of nitrogens with one attached hydrogen (secondary N) is 1. The molecule has 1 heterocycles. The summed E-state index contributed by atoms with van der Waals surface area (Å²) in [6.45, 7) is 2.26. The molecule has 1 unspecified atom stereocenters. The first kappa shape index (κ1) is 8.59. The Balaban J connectivity index is 2.61. The summed E-state index contributed by atoms with van der Waals surface area (Å²) in [5.74, 6) is 0. The van der Waals surface area contributed by atoms with Crippen LogP contribution in [0, 0.1) is 0 Å². The number of hydrogen-bond acceptors (Lipinski definition) is 3. The van der Waals surface area contributed by atoms with Crippen LogP contribution in [0.3, 0.4) is 0 Å². The van der Waals surface area contributed by atoms with Crippen LogP contribution in [0.1, 0.15) is 6.92 Å². The second-order valence-electron chi connectivity index (χ2n) is 2.38. The summed E-state index contributed by atoms with van der Waals surface area (Å²) >= 11 is 0. The highest BCUT2D eigenvalue weighted by Crippen LogP contribution is 2.04. The Morgan fingerprint density at radius 3 is 3.08 bits per heavy atom. The van der Waals surface area contributed by atoms with Gasteiger partial charge in [-0.3, -0.25) is 4.79 Å². The zero-order valence-corrected chi connectivity index (χ0v) is 6.86. The minimum atomic E-state index is -0.227. The monoisotopic (exact) mass is 165 g/mol. The van der Waals surface area contributed by atoms with Gasteiger partial charge in [-0.15, -0.1) is 0 Å². The molecule has 1 N–H and O–H groups in total. The van der Waals surface area contributed by atoms with Gasteiger partial charge in [0.25, 0.3) is 6.47 Å². The van der Waals surface area contributed by atoms with Crippen LogP contribution in [0.15, 0.2) is 36.2 Å². The van der Waals surface area contributed by atoms with Crippen LogP contribution in [0.5, 0.6) is 0 Å². The van der Waals surface area contributed by atoms with Gasteiger partial charge in [-0.25, -0.2) is 0 Å². The summed E-state index contributed by atoms with van der Waals surface area (Å²) in [6.07, 6.45) is 9.09. The molecule has 0 aromatic rings. The van der Waals surface area contributed by atoms with Crippen molar-refractivity contribution in [2.24, 2.45) is 0 Å². The second kappa shape index (κ2) is 4.38. The lowest BCUT2D eigenvalue weighted by atomic mass is 10.2. The molecule has 0 saturated heterocycles. The summed E-state index contributed by atoms with van der Waals surface area (Å²) in [5, 5.41) is 3.00. The van der Waals surface area contributed by atoms with Crippen LogP contribution < -0.4 is 5.32 Å². The molecule has 1 rings (SSSR count). The van der Waals surface area contributed by atoms with Gasteiger partial charge in [-0.05, 0) is 19.1 Å². The molecular formula is C9H11NO2. The van der Waals surface area contributed by atoms with Crippen molar-refractivity contribution in [3.8, 4) is 0 Å². The van der Waals surface area contributed by atoms with Crippen molar-refractivity contribution in [2.45, 2.75) is 13.0 Å². The van der Waals surface area contributed by atoms with E-state index in [9.17, 15) is 4.79 Å². The molecule has 3 heteroatoms. The molecule has 12 heavy (non-hydrogen) atoms. The van der Waals surface area contributed by atoms with E-state index in [0.29, 0.717) is 6.47 Å². The van der Waals surface area contributed by atoms with E-state index in [1.54, 1.807) is 13.1 Å². The zero-order chi connectivity index (χ0) is 8.81. The molecule has 1 atom stereocenters. The number of rotatable bonds is 3. The molecular weight excluding hydrogens is 154 g/mol. The molecule has 64 valence electrons. The summed E-state index contributed by atoms with van der Waals surface area (Å²) in [4.78, 5) is 10.0. The van der Waals surface area contributed by atoms with E-state index in [2.05, 4.69) is 5.32 Å². The fourth-order valence-corrected chi connectivity index (χ4v) is 0.881. The van der Waals surface area contributed by atoms with Crippen LogP contribution in [-0.4, -0.2) is 12.6 Å². The summed E-state index contributed by atoms with van der Waals surface area (Å²) in [6, 6.07) is 0. The topological polar surface area (TPSA) is 38.3 Å². The summed E-state index contributed by atoms with van der Waals surface area (Å²) < 4.78 is 4.76. The fourth-order valence-electron chi connectivity index (χ4n) is 0.881. The Hall–Kier alpha value is -1.51. The first-order valence-corrected chi connectivity index (χ1v) is 3.73. The number of carbonyl (C=O) groups excluding carboxylic acids is 1. The average Bonchev–Trinajstić information content (AvgIpc) is 2.32. The highest BCUT2D eigenvalue weighted by Gasteiger charge is 2.06. The SMILES string of the molecule is CC(OC=O)C1=CC=CC=CN1. The number of hydrogen-bond donors (Lipinski definition) is 1. The molecule has 0 fully saturated rings. The summed E-state index contributed by atoms with van der Waals surface area (Å²) in [5.41, 5.74) is 0.868. The van der Waals surface area contributed by atoms with Gasteiger partial charge in [0.2, 0.25) is 0 Å². The Labute approximate surface area is 71.4 Å². The Kier molecular flexibility index (Phi) is 3.14. The van der Waals surface area contributed by atoms with Gasteiger partial charge >= 0.3 is 0 Å². The maximum Gasteiger partial charge on any atom is 0.293 e. The van der Waals surface area contributed by atoms with Gasteiger partial charge in [0.05, 0.1) is 5.70 Å². The van der Waals surface area contributed by atoms with Crippen molar-refractivity contribution in [3.63, 3.8) is 0 Å². The van der Waals surface area contributed by atoms with Gasteiger partial charge in [-0.1, -0.05) is 12.2 Å². The molecule has 0 aromatic carbocycles. The number of carbonyl (C=O) groups is 1. The van der Waals surface area contributed by atoms with Crippen molar-refractivity contribution >= 4 is 6.47 Å². The Morgan fingerprint density at radius 1 is 1.50 bits per heavy atom. The minimum Gasteiger partial charge on any atom is -0.458 e. The van der Waals surface area contributed by atoms with Crippen molar-refractivity contribution in [3.05, 3.63) is 36.2 Å². The van der Waals surface area contributed by atoms with Crippen molar-refractivity contribution in [1.29, 1.82) is 0 Å². The van der Waals surface area contributed by atoms with E-state index < -0.39 is 0 Å². The lowest BCUT2D eigenvalue weighted by molar-refractivity contribution is -0.131. The molecule has 1 aliphatic rings. The number of allylic oxidation sites excluding steroid dienone is 4. The second-order valence-corrected chi connectivity index (χ2v) is 2.38. The minimum absolute atomic E-state index is 0.227. The molecule has 0 aliphatic carbocycles. The highest BCUT2D eigenvalue weighted by molar-refractivity contribution is 5.39. The normalized spacial score (nSPS) is 17.2. The standard InChI is InChI=1S/C9H11NO2/c1-8(12-7-11)9-5-3-2-4-6-10-9/h2-8,10H,1H3. The van der Waals surface area contributed by atoms with E-state index in [1.165, 1.54) is 0 Å².